The van der Waals surface area contributed by atoms with Crippen LogP contribution in [0.3, 0.4) is 0 Å². The first-order valence-corrected chi connectivity index (χ1v) is 7.49. The molecule has 1 aliphatic rings. The predicted octanol–water partition coefficient (Wildman–Crippen LogP) is 4.61. The highest BCUT2D eigenvalue weighted by molar-refractivity contribution is 5.25. The van der Waals surface area contributed by atoms with Gasteiger partial charge in [0.15, 0.2) is 0 Å². The minimum absolute atomic E-state index is 0.100. The summed E-state index contributed by atoms with van der Waals surface area (Å²) in [6.07, 6.45) is 3.84. The van der Waals surface area contributed by atoms with Gasteiger partial charge in [-0.15, -0.1) is 0 Å². The first-order chi connectivity index (χ1) is 8.97. The zero-order chi connectivity index (χ0) is 14.0. The summed E-state index contributed by atoms with van der Waals surface area (Å²) in [5.41, 5.74) is 1.77. The van der Waals surface area contributed by atoms with Gasteiger partial charge >= 0.3 is 0 Å². The molecule has 106 valence electrons. The molecule has 0 radical (unpaired) electrons. The third kappa shape index (κ3) is 3.56. The lowest BCUT2D eigenvalue weighted by molar-refractivity contribution is 0.216. The van der Waals surface area contributed by atoms with Crippen molar-refractivity contribution in [1.82, 2.24) is 5.32 Å². The molecule has 0 saturated heterocycles. The summed E-state index contributed by atoms with van der Waals surface area (Å²) in [6, 6.07) is 6.36. The molecule has 2 heteroatoms. The number of aryl methyl sites for hydroxylation is 1. The molecule has 1 aromatic carbocycles. The Morgan fingerprint density at radius 1 is 1.26 bits per heavy atom. The van der Waals surface area contributed by atoms with E-state index >= 15 is 0 Å². The number of benzene rings is 1. The second-order valence-electron chi connectivity index (χ2n) is 6.40. The van der Waals surface area contributed by atoms with Crippen molar-refractivity contribution in [1.29, 1.82) is 0 Å². The minimum atomic E-state index is -0.100. The monoisotopic (exact) mass is 263 g/mol. The molecule has 1 fully saturated rings. The summed E-state index contributed by atoms with van der Waals surface area (Å²) in [5, 5.41) is 3.69. The van der Waals surface area contributed by atoms with Crippen molar-refractivity contribution in [2.24, 2.45) is 11.8 Å². The highest BCUT2D eigenvalue weighted by atomic mass is 19.1. The molecule has 1 N–H and O–H groups in total. The molecule has 2 rings (SSSR count). The first kappa shape index (κ1) is 14.5. The van der Waals surface area contributed by atoms with Crippen LogP contribution in [-0.2, 0) is 0 Å². The normalized spacial score (nSPS) is 29.2. The Kier molecular flexibility index (Phi) is 4.62. The van der Waals surface area contributed by atoms with E-state index in [0.717, 1.165) is 17.0 Å². The van der Waals surface area contributed by atoms with Crippen LogP contribution in [0.5, 0.6) is 0 Å². The van der Waals surface area contributed by atoms with E-state index in [4.69, 9.17) is 0 Å². The fourth-order valence-corrected chi connectivity index (χ4v) is 3.21. The molecule has 0 aliphatic heterocycles. The summed E-state index contributed by atoms with van der Waals surface area (Å²) in [4.78, 5) is 0. The second kappa shape index (κ2) is 6.04. The van der Waals surface area contributed by atoms with E-state index in [-0.39, 0.29) is 11.9 Å². The van der Waals surface area contributed by atoms with Crippen LogP contribution in [0.4, 0.5) is 4.39 Å². The Morgan fingerprint density at radius 2 is 2.00 bits per heavy atom. The molecule has 4 atom stereocenters. The van der Waals surface area contributed by atoms with Crippen LogP contribution in [0, 0.1) is 24.6 Å². The molecule has 1 saturated carbocycles. The summed E-state index contributed by atoms with van der Waals surface area (Å²) < 4.78 is 13.6. The fourth-order valence-electron chi connectivity index (χ4n) is 3.21. The lowest BCUT2D eigenvalue weighted by Gasteiger charge is -2.35. The van der Waals surface area contributed by atoms with Crippen LogP contribution >= 0.6 is 0 Å². The number of rotatable bonds is 3. The maximum absolute atomic E-state index is 13.6. The Hall–Kier alpha value is -0.890. The number of hydrogen-bond acceptors (Lipinski definition) is 1. The quantitative estimate of drug-likeness (QED) is 0.839. The van der Waals surface area contributed by atoms with Gasteiger partial charge in [-0.1, -0.05) is 26.0 Å². The highest BCUT2D eigenvalue weighted by Crippen LogP contribution is 2.30. The van der Waals surface area contributed by atoms with Crippen molar-refractivity contribution in [3.8, 4) is 0 Å². The van der Waals surface area contributed by atoms with Crippen LogP contribution in [0.2, 0.25) is 0 Å². The van der Waals surface area contributed by atoms with Gasteiger partial charge in [0.05, 0.1) is 0 Å². The lowest BCUT2D eigenvalue weighted by atomic mass is 9.79. The van der Waals surface area contributed by atoms with Gasteiger partial charge in [0, 0.05) is 12.1 Å². The smallest absolute Gasteiger partial charge is 0.126 e. The van der Waals surface area contributed by atoms with Crippen LogP contribution in [-0.4, -0.2) is 6.04 Å². The van der Waals surface area contributed by atoms with Gasteiger partial charge in [0.1, 0.15) is 5.82 Å². The average molecular weight is 263 g/mol. The molecule has 0 bridgehead atoms. The molecule has 0 amide bonds. The van der Waals surface area contributed by atoms with Crippen molar-refractivity contribution in [2.45, 2.75) is 59.0 Å². The number of hydrogen-bond donors (Lipinski definition) is 1. The summed E-state index contributed by atoms with van der Waals surface area (Å²) >= 11 is 0. The van der Waals surface area contributed by atoms with Gasteiger partial charge in [-0.25, -0.2) is 4.39 Å². The Balaban J connectivity index is 2.00. The molecular formula is C17H26FN. The van der Waals surface area contributed by atoms with Crippen LogP contribution in [0.1, 0.15) is 57.2 Å². The summed E-state index contributed by atoms with van der Waals surface area (Å²) in [5.74, 6) is 1.46. The maximum atomic E-state index is 13.6. The summed E-state index contributed by atoms with van der Waals surface area (Å²) in [6.45, 7) is 8.61. The number of nitrogens with one attached hydrogen (secondary N) is 1. The van der Waals surface area contributed by atoms with E-state index in [9.17, 15) is 4.39 Å². The van der Waals surface area contributed by atoms with E-state index in [0.29, 0.717) is 12.0 Å². The SMILES string of the molecule is Cc1ccc(C(C)NC2CCC(C)CC2C)cc1F. The lowest BCUT2D eigenvalue weighted by Crippen LogP contribution is -2.40. The Morgan fingerprint density at radius 3 is 2.63 bits per heavy atom. The van der Waals surface area contributed by atoms with E-state index in [1.807, 2.05) is 19.1 Å². The van der Waals surface area contributed by atoms with Gasteiger partial charge in [-0.3, -0.25) is 0 Å². The van der Waals surface area contributed by atoms with Crippen LogP contribution < -0.4 is 5.32 Å². The van der Waals surface area contributed by atoms with Gasteiger partial charge in [0.2, 0.25) is 0 Å². The standard InChI is InChI=1S/C17H26FN/c1-11-5-8-17(13(3)9-11)19-14(4)15-7-6-12(2)16(18)10-15/h6-7,10-11,13-14,17,19H,5,8-9H2,1-4H3. The molecule has 1 nitrogen and oxygen atoms in total. The molecule has 0 aromatic heterocycles. The second-order valence-corrected chi connectivity index (χ2v) is 6.40. The largest absolute Gasteiger partial charge is 0.307 e. The topological polar surface area (TPSA) is 12.0 Å². The van der Waals surface area contributed by atoms with Gasteiger partial charge in [0.25, 0.3) is 0 Å². The van der Waals surface area contributed by atoms with Gasteiger partial charge < -0.3 is 5.32 Å². The maximum Gasteiger partial charge on any atom is 0.126 e. The van der Waals surface area contributed by atoms with Crippen LogP contribution in [0.15, 0.2) is 18.2 Å². The predicted molar refractivity (Wildman–Crippen MR) is 78.7 cm³/mol. The van der Waals surface area contributed by atoms with E-state index < -0.39 is 0 Å². The molecule has 0 heterocycles. The molecule has 1 aromatic rings. The van der Waals surface area contributed by atoms with Crippen molar-refractivity contribution in [3.63, 3.8) is 0 Å². The molecule has 19 heavy (non-hydrogen) atoms. The Bertz CT molecular complexity index is 429. The third-order valence-electron chi connectivity index (χ3n) is 4.59. The molecule has 0 spiro atoms. The van der Waals surface area contributed by atoms with E-state index in [1.165, 1.54) is 19.3 Å². The summed E-state index contributed by atoms with van der Waals surface area (Å²) in [7, 11) is 0. The average Bonchev–Trinajstić information content (AvgIpc) is 2.36. The number of halogens is 1. The highest BCUT2D eigenvalue weighted by Gasteiger charge is 2.26. The zero-order valence-corrected chi connectivity index (χ0v) is 12.5. The first-order valence-electron chi connectivity index (χ1n) is 7.49. The minimum Gasteiger partial charge on any atom is -0.307 e. The fraction of sp³-hybridized carbons (Fsp3) is 0.647. The van der Waals surface area contributed by atoms with Crippen molar-refractivity contribution >= 4 is 0 Å². The van der Waals surface area contributed by atoms with E-state index in [1.54, 1.807) is 6.07 Å². The van der Waals surface area contributed by atoms with Crippen molar-refractivity contribution in [2.75, 3.05) is 0 Å². The third-order valence-corrected chi connectivity index (χ3v) is 4.59. The van der Waals surface area contributed by atoms with Crippen molar-refractivity contribution in [3.05, 3.63) is 35.1 Å². The molecular weight excluding hydrogens is 237 g/mol. The molecule has 4 unspecified atom stereocenters. The van der Waals surface area contributed by atoms with Gasteiger partial charge in [-0.05, 0) is 62.1 Å². The van der Waals surface area contributed by atoms with Crippen molar-refractivity contribution < 1.29 is 4.39 Å². The van der Waals surface area contributed by atoms with E-state index in [2.05, 4.69) is 26.1 Å². The van der Waals surface area contributed by atoms with Crippen LogP contribution in [0.25, 0.3) is 0 Å². The Labute approximate surface area is 116 Å². The van der Waals surface area contributed by atoms with Gasteiger partial charge in [-0.2, -0.15) is 0 Å². The zero-order valence-electron chi connectivity index (χ0n) is 12.5. The molecule has 1 aliphatic carbocycles.